The summed E-state index contributed by atoms with van der Waals surface area (Å²) in [6, 6.07) is 8.50. The summed E-state index contributed by atoms with van der Waals surface area (Å²) in [7, 11) is 0. The van der Waals surface area contributed by atoms with Gasteiger partial charge in [0, 0.05) is 6.04 Å². The van der Waals surface area contributed by atoms with Crippen LogP contribution in [0.25, 0.3) is 10.2 Å². The monoisotopic (exact) mass is 250 g/mol. The summed E-state index contributed by atoms with van der Waals surface area (Å²) in [4.78, 5) is 4.61. The lowest BCUT2D eigenvalue weighted by atomic mass is 10.2. The zero-order valence-electron chi connectivity index (χ0n) is 10.2. The highest BCUT2D eigenvalue weighted by Crippen LogP contribution is 2.26. The van der Waals surface area contributed by atoms with Crippen molar-refractivity contribution in [3.63, 3.8) is 0 Å². The van der Waals surface area contributed by atoms with E-state index in [-0.39, 0.29) is 18.7 Å². The van der Waals surface area contributed by atoms with Crippen LogP contribution < -0.4 is 5.32 Å². The van der Waals surface area contributed by atoms with E-state index in [2.05, 4.69) is 30.2 Å². The first-order valence-electron chi connectivity index (χ1n) is 5.97. The maximum Gasteiger partial charge on any atom is 0.111 e. The molecule has 0 radical (unpaired) electrons. The van der Waals surface area contributed by atoms with Crippen LogP contribution in [-0.2, 0) is 0 Å². The van der Waals surface area contributed by atoms with Gasteiger partial charge in [0.25, 0.3) is 0 Å². The summed E-state index contributed by atoms with van der Waals surface area (Å²) in [6.45, 7) is 4.33. The minimum atomic E-state index is 0.150. The van der Waals surface area contributed by atoms with Gasteiger partial charge in [0.1, 0.15) is 5.01 Å². The molecular weight excluding hydrogens is 232 g/mol. The van der Waals surface area contributed by atoms with Crippen LogP contribution in [0.5, 0.6) is 0 Å². The minimum Gasteiger partial charge on any atom is -0.395 e. The molecule has 0 fully saturated rings. The molecule has 0 amide bonds. The quantitative estimate of drug-likeness (QED) is 0.857. The van der Waals surface area contributed by atoms with Gasteiger partial charge >= 0.3 is 0 Å². The number of benzene rings is 1. The average Bonchev–Trinajstić information content (AvgIpc) is 2.79. The summed E-state index contributed by atoms with van der Waals surface area (Å²) in [5, 5.41) is 13.7. The first-order valence-corrected chi connectivity index (χ1v) is 6.78. The van der Waals surface area contributed by atoms with Crippen LogP contribution in [0.1, 0.15) is 31.3 Å². The molecule has 0 aliphatic carbocycles. The first kappa shape index (κ1) is 12.5. The van der Waals surface area contributed by atoms with Gasteiger partial charge in [-0.3, -0.25) is 0 Å². The Bertz CT molecular complexity index is 446. The predicted molar refractivity (Wildman–Crippen MR) is 72.3 cm³/mol. The molecule has 1 aromatic heterocycles. The van der Waals surface area contributed by atoms with Crippen LogP contribution in [0, 0.1) is 0 Å². The molecule has 3 nitrogen and oxygen atoms in total. The minimum absolute atomic E-state index is 0.150. The third-order valence-corrected chi connectivity index (χ3v) is 4.10. The fourth-order valence-electron chi connectivity index (χ4n) is 1.80. The third kappa shape index (κ3) is 2.83. The van der Waals surface area contributed by atoms with E-state index in [1.165, 1.54) is 4.70 Å². The molecule has 2 N–H and O–H groups in total. The average molecular weight is 250 g/mol. The van der Waals surface area contributed by atoms with Gasteiger partial charge in [0.05, 0.1) is 22.9 Å². The van der Waals surface area contributed by atoms with Crippen molar-refractivity contribution >= 4 is 21.6 Å². The van der Waals surface area contributed by atoms with Crippen molar-refractivity contribution in [2.24, 2.45) is 0 Å². The summed E-state index contributed by atoms with van der Waals surface area (Å²) < 4.78 is 1.22. The normalized spacial score (nSPS) is 15.0. The number of thiazole rings is 1. The standard InChI is InChI=1S/C13H18N2OS/c1-3-10(8-16)14-9(2)13-15-11-6-4-5-7-12(11)17-13/h4-7,9-10,14,16H,3,8H2,1-2H3/t9?,10-/m0/s1. The largest absolute Gasteiger partial charge is 0.395 e. The molecular formula is C13H18N2OS. The Morgan fingerprint density at radius 3 is 2.82 bits per heavy atom. The number of hydrogen-bond acceptors (Lipinski definition) is 4. The number of hydrogen-bond donors (Lipinski definition) is 2. The van der Waals surface area contributed by atoms with E-state index in [1.807, 2.05) is 18.2 Å². The first-order chi connectivity index (χ1) is 8.24. The van der Waals surface area contributed by atoms with Crippen molar-refractivity contribution in [3.05, 3.63) is 29.3 Å². The Morgan fingerprint density at radius 1 is 1.41 bits per heavy atom. The summed E-state index contributed by atoms with van der Waals surface area (Å²) in [5.41, 5.74) is 1.05. The third-order valence-electron chi connectivity index (χ3n) is 2.88. The highest BCUT2D eigenvalue weighted by molar-refractivity contribution is 7.18. The lowest BCUT2D eigenvalue weighted by Gasteiger charge is -2.18. The summed E-state index contributed by atoms with van der Waals surface area (Å²) in [5.74, 6) is 0. The molecule has 17 heavy (non-hydrogen) atoms. The summed E-state index contributed by atoms with van der Waals surface area (Å²) in [6.07, 6.45) is 0.922. The number of fused-ring (bicyclic) bond motifs is 1. The number of aromatic nitrogens is 1. The molecule has 0 bridgehead atoms. The SMILES string of the molecule is CC[C@@H](CO)NC(C)c1nc2ccccc2s1. The van der Waals surface area contributed by atoms with Crippen molar-refractivity contribution in [1.29, 1.82) is 0 Å². The van der Waals surface area contributed by atoms with Gasteiger partial charge in [-0.15, -0.1) is 11.3 Å². The number of aliphatic hydroxyl groups excluding tert-OH is 1. The van der Waals surface area contributed by atoms with Crippen LogP contribution in [0.15, 0.2) is 24.3 Å². The molecule has 1 heterocycles. The Hall–Kier alpha value is -0.970. The molecule has 4 heteroatoms. The fourth-order valence-corrected chi connectivity index (χ4v) is 2.78. The lowest BCUT2D eigenvalue weighted by molar-refractivity contribution is 0.230. The molecule has 0 aliphatic heterocycles. The molecule has 0 aliphatic rings. The number of para-hydroxylation sites is 1. The molecule has 1 unspecified atom stereocenters. The van der Waals surface area contributed by atoms with E-state index in [0.29, 0.717) is 0 Å². The van der Waals surface area contributed by atoms with Crippen LogP contribution in [0.4, 0.5) is 0 Å². The van der Waals surface area contributed by atoms with Crippen LogP contribution in [0.2, 0.25) is 0 Å². The Morgan fingerprint density at radius 2 is 2.18 bits per heavy atom. The Balaban J connectivity index is 2.15. The molecule has 0 spiro atoms. The second kappa shape index (κ2) is 5.58. The smallest absolute Gasteiger partial charge is 0.111 e. The molecule has 92 valence electrons. The molecule has 0 saturated heterocycles. The highest BCUT2D eigenvalue weighted by atomic mass is 32.1. The molecule has 2 aromatic rings. The van der Waals surface area contributed by atoms with Crippen molar-refractivity contribution in [2.45, 2.75) is 32.4 Å². The lowest BCUT2D eigenvalue weighted by Crippen LogP contribution is -2.33. The Labute approximate surface area is 106 Å². The number of nitrogens with one attached hydrogen (secondary N) is 1. The van der Waals surface area contributed by atoms with E-state index < -0.39 is 0 Å². The number of nitrogens with zero attached hydrogens (tertiary/aromatic N) is 1. The van der Waals surface area contributed by atoms with E-state index in [4.69, 9.17) is 0 Å². The Kier molecular flexibility index (Phi) is 4.10. The van der Waals surface area contributed by atoms with E-state index >= 15 is 0 Å². The topological polar surface area (TPSA) is 45.1 Å². The van der Waals surface area contributed by atoms with E-state index in [1.54, 1.807) is 11.3 Å². The van der Waals surface area contributed by atoms with Crippen molar-refractivity contribution < 1.29 is 5.11 Å². The van der Waals surface area contributed by atoms with E-state index in [9.17, 15) is 5.11 Å². The highest BCUT2D eigenvalue weighted by Gasteiger charge is 2.14. The molecule has 2 rings (SSSR count). The molecule has 1 aromatic carbocycles. The second-order valence-electron chi connectivity index (χ2n) is 4.20. The maximum atomic E-state index is 9.18. The van der Waals surface area contributed by atoms with Crippen LogP contribution in [-0.4, -0.2) is 22.7 Å². The van der Waals surface area contributed by atoms with Gasteiger partial charge in [-0.2, -0.15) is 0 Å². The van der Waals surface area contributed by atoms with E-state index in [0.717, 1.165) is 16.9 Å². The number of rotatable bonds is 5. The van der Waals surface area contributed by atoms with Crippen molar-refractivity contribution in [1.82, 2.24) is 10.3 Å². The fraction of sp³-hybridized carbons (Fsp3) is 0.462. The molecule has 2 atom stereocenters. The van der Waals surface area contributed by atoms with Gasteiger partial charge in [0.15, 0.2) is 0 Å². The zero-order valence-corrected chi connectivity index (χ0v) is 11.0. The van der Waals surface area contributed by atoms with Crippen LogP contribution in [0.3, 0.4) is 0 Å². The maximum absolute atomic E-state index is 9.18. The van der Waals surface area contributed by atoms with Gasteiger partial charge in [-0.1, -0.05) is 19.1 Å². The van der Waals surface area contributed by atoms with Crippen molar-refractivity contribution in [2.75, 3.05) is 6.61 Å². The van der Waals surface area contributed by atoms with Crippen LogP contribution >= 0.6 is 11.3 Å². The predicted octanol–water partition coefficient (Wildman–Crippen LogP) is 2.72. The van der Waals surface area contributed by atoms with Gasteiger partial charge in [0.2, 0.25) is 0 Å². The van der Waals surface area contributed by atoms with Gasteiger partial charge < -0.3 is 10.4 Å². The van der Waals surface area contributed by atoms with Crippen molar-refractivity contribution in [3.8, 4) is 0 Å². The number of aliphatic hydroxyl groups is 1. The summed E-state index contributed by atoms with van der Waals surface area (Å²) >= 11 is 1.71. The van der Waals surface area contributed by atoms with Gasteiger partial charge in [-0.05, 0) is 25.5 Å². The van der Waals surface area contributed by atoms with Gasteiger partial charge in [-0.25, -0.2) is 4.98 Å². The second-order valence-corrected chi connectivity index (χ2v) is 5.26. The zero-order chi connectivity index (χ0) is 12.3. The molecule has 0 saturated carbocycles.